The molecule has 3 aromatic heterocycles. The lowest BCUT2D eigenvalue weighted by Gasteiger charge is -2.12. The van der Waals surface area contributed by atoms with Crippen LogP contribution in [0.1, 0.15) is 5.56 Å². The van der Waals surface area contributed by atoms with E-state index in [2.05, 4.69) is 25.4 Å². The third-order valence-electron chi connectivity index (χ3n) is 5.32. The van der Waals surface area contributed by atoms with Crippen LogP contribution in [0.25, 0.3) is 34.3 Å². The van der Waals surface area contributed by atoms with Crippen molar-refractivity contribution >= 4 is 35.3 Å². The molecule has 37 heavy (non-hydrogen) atoms. The van der Waals surface area contributed by atoms with Crippen LogP contribution >= 0.6 is 11.6 Å². The van der Waals surface area contributed by atoms with E-state index in [1.807, 2.05) is 36.4 Å². The quantitative estimate of drug-likeness (QED) is 0.257. The molecule has 5 aromatic rings. The van der Waals surface area contributed by atoms with Gasteiger partial charge in [0.2, 0.25) is 5.95 Å². The Labute approximate surface area is 215 Å². The van der Waals surface area contributed by atoms with Gasteiger partial charge in [0.1, 0.15) is 5.82 Å². The molecule has 3 heterocycles. The van der Waals surface area contributed by atoms with Gasteiger partial charge in [0.05, 0.1) is 16.9 Å². The van der Waals surface area contributed by atoms with Gasteiger partial charge in [0, 0.05) is 41.5 Å². The molecule has 0 aliphatic heterocycles. The predicted molar refractivity (Wildman–Crippen MR) is 139 cm³/mol. The second kappa shape index (κ2) is 10.4. The van der Waals surface area contributed by atoms with Gasteiger partial charge < -0.3 is 10.4 Å². The molecule has 0 saturated carbocycles. The standard InChI is InChI=1S/C27H18ClFN6O2/c28-22-13-20(8-9-23(22)29)33-27-31-15-21(18-5-3-4-17(12-18)7-10-25(36)37)26(34-27)35-16-19(14-32-35)24-6-1-2-11-30-24/h1-16H,(H,36,37)(H,31,33,34). The molecule has 0 atom stereocenters. The molecule has 8 nitrogen and oxygen atoms in total. The first-order valence-corrected chi connectivity index (χ1v) is 11.4. The van der Waals surface area contributed by atoms with Crippen LogP contribution in [0.5, 0.6) is 0 Å². The molecule has 182 valence electrons. The fraction of sp³-hybridized carbons (Fsp3) is 0. The van der Waals surface area contributed by atoms with Crippen molar-refractivity contribution in [1.82, 2.24) is 24.7 Å². The number of benzene rings is 2. The van der Waals surface area contributed by atoms with Crippen molar-refractivity contribution < 1.29 is 14.3 Å². The molecule has 0 spiro atoms. The number of hydrogen-bond donors (Lipinski definition) is 2. The SMILES string of the molecule is O=C(O)C=Cc1cccc(-c2cnc(Nc3ccc(F)c(Cl)c3)nc2-n2cc(-c3ccccn3)cn2)c1. The molecule has 0 aliphatic rings. The minimum Gasteiger partial charge on any atom is -0.478 e. The maximum Gasteiger partial charge on any atom is 0.328 e. The summed E-state index contributed by atoms with van der Waals surface area (Å²) in [6.45, 7) is 0. The third-order valence-corrected chi connectivity index (χ3v) is 5.61. The number of aliphatic carboxylic acids is 1. The van der Waals surface area contributed by atoms with E-state index in [4.69, 9.17) is 16.7 Å². The van der Waals surface area contributed by atoms with Gasteiger partial charge in [-0.05, 0) is 53.6 Å². The third kappa shape index (κ3) is 5.52. The van der Waals surface area contributed by atoms with E-state index < -0.39 is 11.8 Å². The van der Waals surface area contributed by atoms with E-state index in [0.29, 0.717) is 22.6 Å². The molecule has 0 unspecified atom stereocenters. The Morgan fingerprint density at radius 2 is 1.92 bits per heavy atom. The van der Waals surface area contributed by atoms with Crippen LogP contribution in [0.4, 0.5) is 16.0 Å². The molecule has 5 rings (SSSR count). The highest BCUT2D eigenvalue weighted by Crippen LogP contribution is 2.29. The lowest BCUT2D eigenvalue weighted by atomic mass is 10.0. The minimum atomic E-state index is -1.04. The highest BCUT2D eigenvalue weighted by Gasteiger charge is 2.15. The van der Waals surface area contributed by atoms with Crippen molar-refractivity contribution in [2.45, 2.75) is 0 Å². The highest BCUT2D eigenvalue weighted by atomic mass is 35.5. The summed E-state index contributed by atoms with van der Waals surface area (Å²) in [6.07, 6.45) is 9.42. The molecule has 0 bridgehead atoms. The number of carbonyl (C=O) groups is 1. The number of halogens is 2. The zero-order valence-electron chi connectivity index (χ0n) is 19.1. The maximum absolute atomic E-state index is 13.6. The number of nitrogens with zero attached hydrogens (tertiary/aromatic N) is 5. The molecular weight excluding hydrogens is 495 g/mol. The van der Waals surface area contributed by atoms with Crippen LogP contribution < -0.4 is 5.32 Å². The van der Waals surface area contributed by atoms with Crippen LogP contribution in [-0.2, 0) is 4.79 Å². The second-order valence-electron chi connectivity index (χ2n) is 7.87. The van der Waals surface area contributed by atoms with Crippen LogP contribution in [0.3, 0.4) is 0 Å². The van der Waals surface area contributed by atoms with E-state index in [-0.39, 0.29) is 11.0 Å². The molecule has 0 amide bonds. The van der Waals surface area contributed by atoms with Crippen molar-refractivity contribution in [1.29, 1.82) is 0 Å². The van der Waals surface area contributed by atoms with Crippen LogP contribution in [0.15, 0.2) is 91.5 Å². The minimum absolute atomic E-state index is 0.0276. The van der Waals surface area contributed by atoms with Crippen molar-refractivity contribution in [2.75, 3.05) is 5.32 Å². The number of carboxylic acids is 1. The van der Waals surface area contributed by atoms with Gasteiger partial charge in [-0.2, -0.15) is 10.1 Å². The Hall–Kier alpha value is -4.89. The number of rotatable bonds is 7. The van der Waals surface area contributed by atoms with Gasteiger partial charge in [0.15, 0.2) is 5.82 Å². The molecule has 0 saturated heterocycles. The Bertz CT molecular complexity index is 1620. The summed E-state index contributed by atoms with van der Waals surface area (Å²) < 4.78 is 15.2. The number of carboxylic acid groups (broad SMARTS) is 1. The molecule has 0 fully saturated rings. The van der Waals surface area contributed by atoms with Gasteiger partial charge in [-0.25, -0.2) is 18.9 Å². The van der Waals surface area contributed by atoms with Gasteiger partial charge >= 0.3 is 5.97 Å². The summed E-state index contributed by atoms with van der Waals surface area (Å²) in [5.74, 6) is -0.852. The van der Waals surface area contributed by atoms with Crippen LogP contribution in [0.2, 0.25) is 5.02 Å². The Morgan fingerprint density at radius 3 is 2.70 bits per heavy atom. The fourth-order valence-corrected chi connectivity index (χ4v) is 3.78. The first kappa shape index (κ1) is 23.8. The zero-order chi connectivity index (χ0) is 25.8. The number of anilines is 2. The van der Waals surface area contributed by atoms with Crippen LogP contribution in [-0.4, -0.2) is 35.8 Å². The first-order chi connectivity index (χ1) is 18.0. The van der Waals surface area contributed by atoms with Crippen LogP contribution in [0, 0.1) is 5.82 Å². The predicted octanol–water partition coefficient (Wildman–Crippen LogP) is 6.03. The van der Waals surface area contributed by atoms with Crippen molar-refractivity contribution in [3.8, 4) is 28.2 Å². The summed E-state index contributed by atoms with van der Waals surface area (Å²) in [4.78, 5) is 24.4. The molecular formula is C27H18ClFN6O2. The lowest BCUT2D eigenvalue weighted by Crippen LogP contribution is -2.06. The van der Waals surface area contributed by atoms with Crippen molar-refractivity contribution in [2.24, 2.45) is 0 Å². The molecule has 2 N–H and O–H groups in total. The number of pyridine rings is 1. The summed E-state index contributed by atoms with van der Waals surface area (Å²) in [6, 6.07) is 17.1. The zero-order valence-corrected chi connectivity index (χ0v) is 19.8. The Morgan fingerprint density at radius 1 is 1.03 bits per heavy atom. The number of nitrogens with one attached hydrogen (secondary N) is 1. The molecule has 10 heteroatoms. The fourth-order valence-electron chi connectivity index (χ4n) is 3.60. The normalized spacial score (nSPS) is 11.1. The topological polar surface area (TPSA) is 106 Å². The highest BCUT2D eigenvalue weighted by molar-refractivity contribution is 6.31. The van der Waals surface area contributed by atoms with Crippen molar-refractivity contribution in [3.05, 3.63) is 108 Å². The summed E-state index contributed by atoms with van der Waals surface area (Å²) in [5.41, 5.74) is 4.18. The van der Waals surface area contributed by atoms with E-state index >= 15 is 0 Å². The number of aromatic nitrogens is 5. The summed E-state index contributed by atoms with van der Waals surface area (Å²) in [7, 11) is 0. The molecule has 2 aromatic carbocycles. The smallest absolute Gasteiger partial charge is 0.328 e. The monoisotopic (exact) mass is 512 g/mol. The van der Waals surface area contributed by atoms with E-state index in [0.717, 1.165) is 22.9 Å². The first-order valence-electron chi connectivity index (χ1n) is 11.0. The van der Waals surface area contributed by atoms with E-state index in [1.165, 1.54) is 24.3 Å². The van der Waals surface area contributed by atoms with Gasteiger partial charge in [-0.1, -0.05) is 35.9 Å². The van der Waals surface area contributed by atoms with Gasteiger partial charge in [-0.15, -0.1) is 0 Å². The molecule has 0 radical (unpaired) electrons. The largest absolute Gasteiger partial charge is 0.478 e. The number of hydrogen-bond acceptors (Lipinski definition) is 6. The van der Waals surface area contributed by atoms with E-state index in [1.54, 1.807) is 35.5 Å². The molecule has 0 aliphatic carbocycles. The second-order valence-corrected chi connectivity index (χ2v) is 8.28. The summed E-state index contributed by atoms with van der Waals surface area (Å²) >= 11 is 5.92. The van der Waals surface area contributed by atoms with E-state index in [9.17, 15) is 9.18 Å². The Kier molecular flexibility index (Phi) is 6.69. The Balaban J connectivity index is 1.59. The van der Waals surface area contributed by atoms with Crippen molar-refractivity contribution in [3.63, 3.8) is 0 Å². The van der Waals surface area contributed by atoms with Gasteiger partial charge in [-0.3, -0.25) is 4.98 Å². The average molecular weight is 513 g/mol. The summed E-state index contributed by atoms with van der Waals surface area (Å²) in [5, 5.41) is 16.5. The maximum atomic E-state index is 13.6. The lowest BCUT2D eigenvalue weighted by molar-refractivity contribution is -0.131. The average Bonchev–Trinajstić information content (AvgIpc) is 3.41. The van der Waals surface area contributed by atoms with Gasteiger partial charge in [0.25, 0.3) is 0 Å².